The molecule has 2 nitrogen and oxygen atoms in total. The van der Waals surface area contributed by atoms with Crippen molar-refractivity contribution in [3.63, 3.8) is 0 Å². The fraction of sp³-hybridized carbons (Fsp3) is 0.0714. The molecule has 18 heavy (non-hydrogen) atoms. The van der Waals surface area contributed by atoms with E-state index in [0.29, 0.717) is 5.56 Å². The van der Waals surface area contributed by atoms with Crippen molar-refractivity contribution in [2.75, 3.05) is 11.9 Å². The number of nitrogens with zero attached hydrogens (tertiary/aromatic N) is 1. The van der Waals surface area contributed by atoms with Gasteiger partial charge in [0, 0.05) is 18.3 Å². The van der Waals surface area contributed by atoms with Gasteiger partial charge >= 0.3 is 0 Å². The molecule has 0 amide bonds. The molecule has 2 N–H and O–H groups in total. The Hall–Kier alpha value is -1.94. The molecule has 0 fully saturated rings. The molecule has 0 aliphatic heterocycles. The average Bonchev–Trinajstić information content (AvgIpc) is 2.39. The van der Waals surface area contributed by atoms with Crippen molar-refractivity contribution >= 4 is 28.6 Å². The molecule has 2 aromatic rings. The maximum atomic E-state index is 13.2. The SMILES string of the molecule is CN(c1ccccc1)c1ccc(F)cc1C(N)=S. The van der Waals surface area contributed by atoms with Gasteiger partial charge in [-0.05, 0) is 30.3 Å². The summed E-state index contributed by atoms with van der Waals surface area (Å²) in [7, 11) is 1.89. The second kappa shape index (κ2) is 5.14. The Kier molecular flexibility index (Phi) is 3.58. The maximum Gasteiger partial charge on any atom is 0.124 e. The summed E-state index contributed by atoms with van der Waals surface area (Å²) in [5, 5.41) is 0. The monoisotopic (exact) mass is 260 g/mol. The molecule has 0 unspecified atom stereocenters. The fourth-order valence-corrected chi connectivity index (χ4v) is 1.95. The molecule has 0 radical (unpaired) electrons. The van der Waals surface area contributed by atoms with Crippen LogP contribution in [0.5, 0.6) is 0 Å². The van der Waals surface area contributed by atoms with Gasteiger partial charge in [0.05, 0.1) is 5.69 Å². The lowest BCUT2D eigenvalue weighted by Crippen LogP contribution is -2.18. The number of hydrogen-bond donors (Lipinski definition) is 1. The molecule has 92 valence electrons. The summed E-state index contributed by atoms with van der Waals surface area (Å²) in [5.74, 6) is -0.344. The topological polar surface area (TPSA) is 29.3 Å². The van der Waals surface area contributed by atoms with Gasteiger partial charge in [0.2, 0.25) is 0 Å². The number of benzene rings is 2. The first-order valence-corrected chi connectivity index (χ1v) is 5.88. The Morgan fingerprint density at radius 2 is 1.83 bits per heavy atom. The van der Waals surface area contributed by atoms with E-state index in [1.54, 1.807) is 6.07 Å². The van der Waals surface area contributed by atoms with Crippen molar-refractivity contribution in [2.45, 2.75) is 0 Å². The van der Waals surface area contributed by atoms with E-state index >= 15 is 0 Å². The van der Waals surface area contributed by atoms with Crippen LogP contribution in [0, 0.1) is 5.82 Å². The predicted octanol–water partition coefficient (Wildman–Crippen LogP) is 3.23. The van der Waals surface area contributed by atoms with Crippen molar-refractivity contribution in [1.82, 2.24) is 0 Å². The zero-order chi connectivity index (χ0) is 13.1. The van der Waals surface area contributed by atoms with E-state index in [2.05, 4.69) is 0 Å². The van der Waals surface area contributed by atoms with Gasteiger partial charge in [-0.15, -0.1) is 0 Å². The molecule has 2 rings (SSSR count). The van der Waals surface area contributed by atoms with Crippen LogP contribution in [0.2, 0.25) is 0 Å². The number of anilines is 2. The largest absolute Gasteiger partial charge is 0.389 e. The minimum Gasteiger partial charge on any atom is -0.389 e. The Bertz CT molecular complexity index is 569. The molecule has 0 saturated heterocycles. The van der Waals surface area contributed by atoms with Crippen molar-refractivity contribution in [2.24, 2.45) is 5.73 Å². The molecule has 0 bridgehead atoms. The van der Waals surface area contributed by atoms with Gasteiger partial charge in [0.25, 0.3) is 0 Å². The van der Waals surface area contributed by atoms with E-state index in [-0.39, 0.29) is 10.8 Å². The van der Waals surface area contributed by atoms with Crippen LogP contribution < -0.4 is 10.6 Å². The van der Waals surface area contributed by atoms with Gasteiger partial charge in [0.1, 0.15) is 10.8 Å². The van der Waals surface area contributed by atoms with Crippen molar-refractivity contribution in [3.05, 3.63) is 59.9 Å². The minimum atomic E-state index is -0.344. The van der Waals surface area contributed by atoms with Crippen LogP contribution in [0.25, 0.3) is 0 Å². The van der Waals surface area contributed by atoms with Gasteiger partial charge in [-0.2, -0.15) is 0 Å². The van der Waals surface area contributed by atoms with Crippen LogP contribution >= 0.6 is 12.2 Å². The molecule has 0 heterocycles. The normalized spacial score (nSPS) is 10.1. The van der Waals surface area contributed by atoms with Crippen LogP contribution in [0.1, 0.15) is 5.56 Å². The second-order valence-corrected chi connectivity index (χ2v) is 4.36. The molecule has 0 spiro atoms. The number of rotatable bonds is 3. The highest BCUT2D eigenvalue weighted by molar-refractivity contribution is 7.80. The van der Waals surface area contributed by atoms with E-state index in [9.17, 15) is 4.39 Å². The van der Waals surface area contributed by atoms with Crippen molar-refractivity contribution in [1.29, 1.82) is 0 Å². The van der Waals surface area contributed by atoms with Gasteiger partial charge in [0.15, 0.2) is 0 Å². The summed E-state index contributed by atoms with van der Waals surface area (Å²) in [6, 6.07) is 14.2. The summed E-state index contributed by atoms with van der Waals surface area (Å²) in [5.41, 5.74) is 7.95. The lowest BCUT2D eigenvalue weighted by Gasteiger charge is -2.22. The van der Waals surface area contributed by atoms with Crippen LogP contribution in [-0.2, 0) is 0 Å². The first-order valence-electron chi connectivity index (χ1n) is 5.47. The molecule has 0 aliphatic rings. The Labute approximate surface area is 111 Å². The minimum absolute atomic E-state index is 0.187. The summed E-state index contributed by atoms with van der Waals surface area (Å²) in [6.45, 7) is 0. The van der Waals surface area contributed by atoms with Crippen LogP contribution in [0.15, 0.2) is 48.5 Å². The molecule has 4 heteroatoms. The van der Waals surface area contributed by atoms with Gasteiger partial charge in [-0.3, -0.25) is 0 Å². The van der Waals surface area contributed by atoms with Gasteiger partial charge < -0.3 is 10.6 Å². The third-order valence-corrected chi connectivity index (χ3v) is 2.95. The molecule has 0 aromatic heterocycles. The molecule has 2 aromatic carbocycles. The van der Waals surface area contributed by atoms with E-state index in [1.807, 2.05) is 42.3 Å². The van der Waals surface area contributed by atoms with E-state index < -0.39 is 0 Å². The Morgan fingerprint density at radius 1 is 1.17 bits per heavy atom. The highest BCUT2D eigenvalue weighted by atomic mass is 32.1. The summed E-state index contributed by atoms with van der Waals surface area (Å²) < 4.78 is 13.2. The van der Waals surface area contributed by atoms with Gasteiger partial charge in [-0.25, -0.2) is 4.39 Å². The smallest absolute Gasteiger partial charge is 0.124 e. The highest BCUT2D eigenvalue weighted by Gasteiger charge is 2.11. The lowest BCUT2D eigenvalue weighted by atomic mass is 10.1. The fourth-order valence-electron chi connectivity index (χ4n) is 1.79. The third-order valence-electron chi connectivity index (χ3n) is 2.73. The zero-order valence-corrected chi connectivity index (χ0v) is 10.7. The average molecular weight is 260 g/mol. The summed E-state index contributed by atoms with van der Waals surface area (Å²) >= 11 is 4.96. The molecular formula is C14H13FN2S. The first-order chi connectivity index (χ1) is 8.59. The van der Waals surface area contributed by atoms with Crippen LogP contribution in [-0.4, -0.2) is 12.0 Å². The van der Waals surface area contributed by atoms with Crippen LogP contribution in [0.4, 0.5) is 15.8 Å². The number of thiocarbonyl (C=S) groups is 1. The van der Waals surface area contributed by atoms with Crippen molar-refractivity contribution < 1.29 is 4.39 Å². The summed E-state index contributed by atoms with van der Waals surface area (Å²) in [6.07, 6.45) is 0. The number of hydrogen-bond acceptors (Lipinski definition) is 2. The maximum absolute atomic E-state index is 13.2. The highest BCUT2D eigenvalue weighted by Crippen LogP contribution is 2.27. The first kappa shape index (κ1) is 12.5. The zero-order valence-electron chi connectivity index (χ0n) is 9.93. The number of para-hydroxylation sites is 1. The number of nitrogens with two attached hydrogens (primary N) is 1. The molecule has 0 saturated carbocycles. The quantitative estimate of drug-likeness (QED) is 0.859. The van der Waals surface area contributed by atoms with Crippen LogP contribution in [0.3, 0.4) is 0 Å². The van der Waals surface area contributed by atoms with Crippen molar-refractivity contribution in [3.8, 4) is 0 Å². The lowest BCUT2D eigenvalue weighted by molar-refractivity contribution is 0.627. The molecular weight excluding hydrogens is 247 g/mol. The summed E-state index contributed by atoms with van der Waals surface area (Å²) in [4.78, 5) is 2.11. The molecule has 0 aliphatic carbocycles. The Balaban J connectivity index is 2.48. The second-order valence-electron chi connectivity index (χ2n) is 3.92. The van der Waals surface area contributed by atoms with E-state index in [0.717, 1.165) is 11.4 Å². The Morgan fingerprint density at radius 3 is 2.44 bits per heavy atom. The van der Waals surface area contributed by atoms with E-state index in [4.69, 9.17) is 18.0 Å². The standard InChI is InChI=1S/C14H13FN2S/c1-17(11-5-3-2-4-6-11)13-8-7-10(15)9-12(13)14(16)18/h2-9H,1H3,(H2,16,18). The van der Waals surface area contributed by atoms with E-state index in [1.165, 1.54) is 12.1 Å². The van der Waals surface area contributed by atoms with Gasteiger partial charge in [-0.1, -0.05) is 30.4 Å². The predicted molar refractivity (Wildman–Crippen MR) is 76.8 cm³/mol. The molecule has 0 atom stereocenters. The number of halogens is 1. The third kappa shape index (κ3) is 2.49.